The third-order valence-corrected chi connectivity index (χ3v) is 3.76. The van der Waals surface area contributed by atoms with Gasteiger partial charge in [0.2, 0.25) is 5.91 Å². The lowest BCUT2D eigenvalue weighted by Gasteiger charge is -2.19. The average Bonchev–Trinajstić information content (AvgIpc) is 2.56. The molecule has 1 aliphatic heterocycles. The number of benzene rings is 1. The lowest BCUT2D eigenvalue weighted by atomic mass is 10.2. The van der Waals surface area contributed by atoms with Crippen LogP contribution in [0.1, 0.15) is 12.0 Å². The average molecular weight is 313 g/mol. The highest BCUT2D eigenvalue weighted by atomic mass is 79.9. The maximum Gasteiger partial charge on any atom is 0.234 e. The molecule has 1 aliphatic rings. The summed E-state index contributed by atoms with van der Waals surface area (Å²) in [5.74, 6) is 0.944. The van der Waals surface area contributed by atoms with Crippen LogP contribution in [0.15, 0.2) is 22.7 Å². The first kappa shape index (κ1) is 13.4. The van der Waals surface area contributed by atoms with Gasteiger partial charge >= 0.3 is 0 Å². The maximum atomic E-state index is 11.5. The van der Waals surface area contributed by atoms with E-state index in [1.165, 1.54) is 0 Å². The summed E-state index contributed by atoms with van der Waals surface area (Å²) in [5.41, 5.74) is 1.14. The number of rotatable bonds is 3. The number of methoxy groups -OCH3 is 1. The number of nitrogens with one attached hydrogen (secondary N) is 1. The first-order chi connectivity index (χ1) is 8.69. The van der Waals surface area contributed by atoms with Crippen molar-refractivity contribution in [3.8, 4) is 5.75 Å². The summed E-state index contributed by atoms with van der Waals surface area (Å²) in [7, 11) is 1.66. The molecule has 0 atom stereocenters. The minimum Gasteiger partial charge on any atom is -0.497 e. The molecule has 0 radical (unpaired) electrons. The zero-order chi connectivity index (χ0) is 13.0. The van der Waals surface area contributed by atoms with E-state index in [-0.39, 0.29) is 5.91 Å². The van der Waals surface area contributed by atoms with Crippen molar-refractivity contribution in [1.29, 1.82) is 0 Å². The molecule has 0 aromatic heterocycles. The van der Waals surface area contributed by atoms with Crippen molar-refractivity contribution in [3.63, 3.8) is 0 Å². The van der Waals surface area contributed by atoms with Gasteiger partial charge in [0.1, 0.15) is 5.75 Å². The number of carbonyl (C=O) groups is 1. The second-order valence-corrected chi connectivity index (χ2v) is 5.23. The van der Waals surface area contributed by atoms with Crippen LogP contribution >= 0.6 is 15.9 Å². The van der Waals surface area contributed by atoms with Crippen LogP contribution in [0.2, 0.25) is 0 Å². The number of hydrogen-bond acceptors (Lipinski definition) is 3. The zero-order valence-corrected chi connectivity index (χ0v) is 12.0. The molecule has 18 heavy (non-hydrogen) atoms. The van der Waals surface area contributed by atoms with Crippen LogP contribution in [-0.2, 0) is 11.3 Å². The number of nitrogens with zero attached hydrogens (tertiary/aromatic N) is 1. The molecule has 1 amide bonds. The van der Waals surface area contributed by atoms with Crippen molar-refractivity contribution in [2.24, 2.45) is 0 Å². The Bertz CT molecular complexity index is 437. The van der Waals surface area contributed by atoms with Crippen molar-refractivity contribution in [2.45, 2.75) is 13.0 Å². The van der Waals surface area contributed by atoms with E-state index in [0.717, 1.165) is 41.8 Å². The number of carbonyl (C=O) groups excluding carboxylic acids is 1. The number of amides is 1. The van der Waals surface area contributed by atoms with Gasteiger partial charge in [-0.2, -0.15) is 0 Å². The molecule has 0 bridgehead atoms. The fourth-order valence-electron chi connectivity index (χ4n) is 2.04. The smallest absolute Gasteiger partial charge is 0.234 e. The largest absolute Gasteiger partial charge is 0.497 e. The van der Waals surface area contributed by atoms with Crippen LogP contribution in [0.25, 0.3) is 0 Å². The first-order valence-electron chi connectivity index (χ1n) is 6.00. The molecular formula is C13H17BrN2O2. The number of ether oxygens (including phenoxy) is 1. The minimum absolute atomic E-state index is 0.103. The molecule has 0 aliphatic carbocycles. The van der Waals surface area contributed by atoms with E-state index in [1.807, 2.05) is 18.2 Å². The molecule has 0 saturated carbocycles. The topological polar surface area (TPSA) is 41.6 Å². The van der Waals surface area contributed by atoms with E-state index in [2.05, 4.69) is 26.1 Å². The van der Waals surface area contributed by atoms with E-state index in [0.29, 0.717) is 6.54 Å². The lowest BCUT2D eigenvalue weighted by Crippen LogP contribution is -2.32. The summed E-state index contributed by atoms with van der Waals surface area (Å²) in [6, 6.07) is 5.90. The Morgan fingerprint density at radius 1 is 1.50 bits per heavy atom. The van der Waals surface area contributed by atoms with Gasteiger partial charge < -0.3 is 10.1 Å². The van der Waals surface area contributed by atoms with E-state index in [4.69, 9.17) is 4.74 Å². The summed E-state index contributed by atoms with van der Waals surface area (Å²) in [6.45, 7) is 2.92. The third-order valence-electron chi connectivity index (χ3n) is 2.99. The van der Waals surface area contributed by atoms with Gasteiger partial charge in [-0.25, -0.2) is 0 Å². The molecule has 2 rings (SSSR count). The van der Waals surface area contributed by atoms with Gasteiger partial charge in [0.15, 0.2) is 0 Å². The van der Waals surface area contributed by atoms with E-state index in [9.17, 15) is 4.79 Å². The van der Waals surface area contributed by atoms with Crippen molar-refractivity contribution in [1.82, 2.24) is 10.2 Å². The highest BCUT2D eigenvalue weighted by Crippen LogP contribution is 2.24. The first-order valence-corrected chi connectivity index (χ1v) is 6.80. The van der Waals surface area contributed by atoms with Crippen molar-refractivity contribution in [2.75, 3.05) is 26.7 Å². The fraction of sp³-hybridized carbons (Fsp3) is 0.462. The Balaban J connectivity index is 2.09. The lowest BCUT2D eigenvalue weighted by molar-refractivity contribution is -0.121. The molecule has 1 aromatic carbocycles. The molecule has 4 nitrogen and oxygen atoms in total. The van der Waals surface area contributed by atoms with Gasteiger partial charge in [-0.1, -0.05) is 15.9 Å². The molecule has 1 N–H and O–H groups in total. The molecule has 1 saturated heterocycles. The van der Waals surface area contributed by atoms with E-state index >= 15 is 0 Å². The zero-order valence-electron chi connectivity index (χ0n) is 10.4. The Morgan fingerprint density at radius 2 is 2.33 bits per heavy atom. The second-order valence-electron chi connectivity index (χ2n) is 4.37. The molecule has 0 spiro atoms. The summed E-state index contributed by atoms with van der Waals surface area (Å²) in [4.78, 5) is 13.7. The standard InChI is InChI=1S/C13H17BrN2O2/c1-18-11-3-4-12(14)10(7-11)8-16-6-2-5-15-13(17)9-16/h3-4,7H,2,5-6,8-9H2,1H3,(H,15,17). The summed E-state index contributed by atoms with van der Waals surface area (Å²) in [5, 5.41) is 2.88. The monoisotopic (exact) mass is 312 g/mol. The quantitative estimate of drug-likeness (QED) is 0.925. The van der Waals surface area contributed by atoms with Crippen molar-refractivity contribution >= 4 is 21.8 Å². The number of halogens is 1. The highest BCUT2D eigenvalue weighted by Gasteiger charge is 2.15. The predicted octanol–water partition coefficient (Wildman–Crippen LogP) is 1.78. The molecule has 1 fully saturated rings. The molecular weight excluding hydrogens is 296 g/mol. The maximum absolute atomic E-state index is 11.5. The van der Waals surface area contributed by atoms with Crippen LogP contribution in [0, 0.1) is 0 Å². The molecule has 5 heteroatoms. The van der Waals surface area contributed by atoms with Gasteiger partial charge in [-0.3, -0.25) is 9.69 Å². The molecule has 1 heterocycles. The highest BCUT2D eigenvalue weighted by molar-refractivity contribution is 9.10. The Labute approximate surface area is 115 Å². The van der Waals surface area contributed by atoms with Crippen LogP contribution in [-0.4, -0.2) is 37.6 Å². The van der Waals surface area contributed by atoms with Gasteiger partial charge in [0.25, 0.3) is 0 Å². The molecule has 0 unspecified atom stereocenters. The molecule has 98 valence electrons. The summed E-state index contributed by atoms with van der Waals surface area (Å²) >= 11 is 3.54. The Morgan fingerprint density at radius 3 is 3.11 bits per heavy atom. The third kappa shape index (κ3) is 3.46. The Kier molecular flexibility index (Phi) is 4.60. The summed E-state index contributed by atoms with van der Waals surface area (Å²) < 4.78 is 6.28. The van der Waals surface area contributed by atoms with Crippen LogP contribution in [0.5, 0.6) is 5.75 Å². The second kappa shape index (κ2) is 6.20. The van der Waals surface area contributed by atoms with Crippen molar-refractivity contribution in [3.05, 3.63) is 28.2 Å². The SMILES string of the molecule is COc1ccc(Br)c(CN2CCCNC(=O)C2)c1. The van der Waals surface area contributed by atoms with Gasteiger partial charge in [-0.05, 0) is 30.2 Å². The summed E-state index contributed by atoms with van der Waals surface area (Å²) in [6.07, 6.45) is 0.993. The van der Waals surface area contributed by atoms with Gasteiger partial charge in [0.05, 0.1) is 13.7 Å². The fourth-order valence-corrected chi connectivity index (χ4v) is 2.42. The Hall–Kier alpha value is -1.07. The minimum atomic E-state index is 0.103. The van der Waals surface area contributed by atoms with Gasteiger partial charge in [-0.15, -0.1) is 0 Å². The van der Waals surface area contributed by atoms with Gasteiger partial charge in [0, 0.05) is 24.1 Å². The van der Waals surface area contributed by atoms with Crippen LogP contribution in [0.4, 0.5) is 0 Å². The predicted molar refractivity (Wildman–Crippen MR) is 73.6 cm³/mol. The van der Waals surface area contributed by atoms with Crippen molar-refractivity contribution < 1.29 is 9.53 Å². The van der Waals surface area contributed by atoms with Crippen LogP contribution in [0.3, 0.4) is 0 Å². The normalized spacial score (nSPS) is 17.1. The van der Waals surface area contributed by atoms with E-state index < -0.39 is 0 Å². The van der Waals surface area contributed by atoms with Crippen LogP contribution < -0.4 is 10.1 Å². The molecule has 1 aromatic rings. The van der Waals surface area contributed by atoms with E-state index in [1.54, 1.807) is 7.11 Å². The number of hydrogen-bond donors (Lipinski definition) is 1.